The van der Waals surface area contributed by atoms with Crippen LogP contribution in [-0.2, 0) is 6.54 Å². The molecular formula is C24H19NO3. The smallest absolute Gasteiger partial charge is 0.336 e. The van der Waals surface area contributed by atoms with Crippen molar-refractivity contribution in [2.75, 3.05) is 11.6 Å². The summed E-state index contributed by atoms with van der Waals surface area (Å²) in [6, 6.07) is 23.7. The second kappa shape index (κ2) is 6.57. The first-order valence-corrected chi connectivity index (χ1v) is 9.28. The summed E-state index contributed by atoms with van der Waals surface area (Å²) in [4.78, 5) is 14.5. The van der Waals surface area contributed by atoms with Crippen molar-refractivity contribution in [3.8, 4) is 16.9 Å². The first kappa shape index (κ1) is 16.6. The van der Waals surface area contributed by atoms with Gasteiger partial charge < -0.3 is 14.1 Å². The van der Waals surface area contributed by atoms with Crippen molar-refractivity contribution in [1.82, 2.24) is 0 Å². The molecule has 0 bridgehead atoms. The number of anilines is 1. The highest BCUT2D eigenvalue weighted by Crippen LogP contribution is 2.37. The van der Waals surface area contributed by atoms with Gasteiger partial charge in [-0.15, -0.1) is 0 Å². The summed E-state index contributed by atoms with van der Waals surface area (Å²) >= 11 is 0. The monoisotopic (exact) mass is 369 g/mol. The molecule has 3 aromatic carbocycles. The average molecular weight is 369 g/mol. The summed E-state index contributed by atoms with van der Waals surface area (Å²) in [5, 5.41) is 0.916. The third-order valence-corrected chi connectivity index (χ3v) is 5.18. The quantitative estimate of drug-likeness (QED) is 0.460. The van der Waals surface area contributed by atoms with Gasteiger partial charge in [-0.05, 0) is 42.3 Å². The lowest BCUT2D eigenvalue weighted by Gasteiger charge is -2.31. The highest BCUT2D eigenvalue weighted by atomic mass is 16.5. The molecular weight excluding hydrogens is 350 g/mol. The number of ether oxygens (including phenoxy) is 1. The van der Waals surface area contributed by atoms with E-state index in [1.807, 2.05) is 42.5 Å². The first-order chi connectivity index (χ1) is 13.7. The van der Waals surface area contributed by atoms with Gasteiger partial charge in [-0.25, -0.2) is 4.79 Å². The van der Waals surface area contributed by atoms with Gasteiger partial charge in [-0.3, -0.25) is 0 Å². The molecule has 0 atom stereocenters. The van der Waals surface area contributed by atoms with Gasteiger partial charge in [0, 0.05) is 17.1 Å². The molecule has 2 heterocycles. The Kier molecular flexibility index (Phi) is 3.90. The standard InChI is InChI=1S/C24H19NO3/c1-16-7-9-18(10-8-16)25-14-21-22(27-15-25)12-11-19-20(13-23(26)28-24(19)21)17-5-3-2-4-6-17/h2-13H,14-15H2,1H3. The molecule has 28 heavy (non-hydrogen) atoms. The first-order valence-electron chi connectivity index (χ1n) is 9.28. The summed E-state index contributed by atoms with van der Waals surface area (Å²) in [6.45, 7) is 3.15. The molecule has 0 saturated carbocycles. The van der Waals surface area contributed by atoms with Crippen LogP contribution in [0.3, 0.4) is 0 Å². The maximum Gasteiger partial charge on any atom is 0.336 e. The molecule has 0 unspecified atom stereocenters. The number of nitrogens with zero attached hydrogens (tertiary/aromatic N) is 1. The minimum Gasteiger partial charge on any atom is -0.473 e. The average Bonchev–Trinajstić information content (AvgIpc) is 2.74. The van der Waals surface area contributed by atoms with Gasteiger partial charge in [0.2, 0.25) is 0 Å². The lowest BCUT2D eigenvalue weighted by atomic mass is 9.99. The molecule has 0 radical (unpaired) electrons. The van der Waals surface area contributed by atoms with E-state index in [1.165, 1.54) is 5.56 Å². The molecule has 0 fully saturated rings. The van der Waals surface area contributed by atoms with Gasteiger partial charge in [0.05, 0.1) is 12.1 Å². The highest BCUT2D eigenvalue weighted by molar-refractivity contribution is 5.96. The Morgan fingerprint density at radius 1 is 0.929 bits per heavy atom. The number of hydrogen-bond acceptors (Lipinski definition) is 4. The number of aryl methyl sites for hydroxylation is 1. The number of fused-ring (bicyclic) bond motifs is 3. The van der Waals surface area contributed by atoms with Crippen LogP contribution in [0.1, 0.15) is 11.1 Å². The summed E-state index contributed by atoms with van der Waals surface area (Å²) in [5.74, 6) is 0.768. The third-order valence-electron chi connectivity index (χ3n) is 5.18. The van der Waals surface area contributed by atoms with Gasteiger partial charge in [0.25, 0.3) is 0 Å². The van der Waals surface area contributed by atoms with Crippen LogP contribution in [0.5, 0.6) is 5.75 Å². The lowest BCUT2D eigenvalue weighted by molar-refractivity contribution is 0.289. The Labute approximate surface area is 162 Å². The Morgan fingerprint density at radius 2 is 1.71 bits per heavy atom. The van der Waals surface area contributed by atoms with Gasteiger partial charge in [0.1, 0.15) is 11.3 Å². The van der Waals surface area contributed by atoms with Crippen molar-refractivity contribution in [3.63, 3.8) is 0 Å². The van der Waals surface area contributed by atoms with Crippen LogP contribution in [0.2, 0.25) is 0 Å². The van der Waals surface area contributed by atoms with Crippen molar-refractivity contribution in [3.05, 3.63) is 94.3 Å². The van der Waals surface area contributed by atoms with Crippen molar-refractivity contribution < 1.29 is 9.15 Å². The van der Waals surface area contributed by atoms with E-state index in [0.717, 1.165) is 33.5 Å². The molecule has 4 aromatic rings. The second-order valence-corrected chi connectivity index (χ2v) is 7.07. The Balaban J connectivity index is 1.66. The van der Waals surface area contributed by atoms with Gasteiger partial charge in [0.15, 0.2) is 6.73 Å². The summed E-state index contributed by atoms with van der Waals surface area (Å²) in [5.41, 5.74) is 5.31. The number of hydrogen-bond donors (Lipinski definition) is 0. The van der Waals surface area contributed by atoms with Crippen LogP contribution < -0.4 is 15.3 Å². The maximum atomic E-state index is 12.3. The van der Waals surface area contributed by atoms with E-state index >= 15 is 0 Å². The Bertz CT molecular complexity index is 1210. The van der Waals surface area contributed by atoms with Gasteiger partial charge >= 0.3 is 5.63 Å². The molecule has 4 nitrogen and oxygen atoms in total. The minimum absolute atomic E-state index is 0.354. The zero-order valence-corrected chi connectivity index (χ0v) is 15.5. The van der Waals surface area contributed by atoms with Crippen LogP contribution in [0.25, 0.3) is 22.1 Å². The maximum absolute atomic E-state index is 12.3. The fraction of sp³-hybridized carbons (Fsp3) is 0.125. The zero-order chi connectivity index (χ0) is 19.1. The molecule has 0 spiro atoms. The van der Waals surface area contributed by atoms with Crippen molar-refractivity contribution in [1.29, 1.82) is 0 Å². The molecule has 1 aliphatic rings. The van der Waals surface area contributed by atoms with Crippen LogP contribution in [0.15, 0.2) is 82.0 Å². The molecule has 4 heteroatoms. The summed E-state index contributed by atoms with van der Waals surface area (Å²) in [7, 11) is 0. The number of rotatable bonds is 2. The topological polar surface area (TPSA) is 42.7 Å². The molecule has 1 aliphatic heterocycles. The Hall–Kier alpha value is -3.53. The van der Waals surface area contributed by atoms with Crippen LogP contribution in [0.4, 0.5) is 5.69 Å². The highest BCUT2D eigenvalue weighted by Gasteiger charge is 2.23. The third kappa shape index (κ3) is 2.83. The molecule has 0 saturated heterocycles. The lowest BCUT2D eigenvalue weighted by Crippen LogP contribution is -2.32. The SMILES string of the molecule is Cc1ccc(N2COc3ccc4c(-c5ccccc5)cc(=O)oc4c3C2)cc1. The van der Waals surface area contributed by atoms with E-state index in [1.54, 1.807) is 6.07 Å². The van der Waals surface area contributed by atoms with Crippen molar-refractivity contribution >= 4 is 16.7 Å². The van der Waals surface area contributed by atoms with Crippen LogP contribution in [-0.4, -0.2) is 6.73 Å². The normalized spacial score (nSPS) is 13.2. The number of benzene rings is 3. The van der Waals surface area contributed by atoms with E-state index in [2.05, 4.69) is 36.1 Å². The van der Waals surface area contributed by atoms with E-state index in [-0.39, 0.29) is 5.63 Å². The van der Waals surface area contributed by atoms with E-state index in [9.17, 15) is 4.79 Å². The molecule has 1 aromatic heterocycles. The van der Waals surface area contributed by atoms with Crippen LogP contribution in [0, 0.1) is 6.92 Å². The van der Waals surface area contributed by atoms with E-state index in [0.29, 0.717) is 18.9 Å². The molecule has 0 aliphatic carbocycles. The van der Waals surface area contributed by atoms with Gasteiger partial charge in [-0.1, -0.05) is 48.0 Å². The van der Waals surface area contributed by atoms with Crippen molar-refractivity contribution in [2.45, 2.75) is 13.5 Å². The minimum atomic E-state index is -0.354. The van der Waals surface area contributed by atoms with Crippen LogP contribution >= 0.6 is 0 Å². The van der Waals surface area contributed by atoms with Gasteiger partial charge in [-0.2, -0.15) is 0 Å². The summed E-state index contributed by atoms with van der Waals surface area (Å²) < 4.78 is 11.6. The molecule has 5 rings (SSSR count). The Morgan fingerprint density at radius 3 is 2.50 bits per heavy atom. The fourth-order valence-electron chi connectivity index (χ4n) is 3.71. The van der Waals surface area contributed by atoms with Crippen molar-refractivity contribution in [2.24, 2.45) is 0 Å². The zero-order valence-electron chi connectivity index (χ0n) is 15.5. The largest absolute Gasteiger partial charge is 0.473 e. The molecule has 0 amide bonds. The predicted molar refractivity (Wildman–Crippen MR) is 111 cm³/mol. The van der Waals surface area contributed by atoms with E-state index < -0.39 is 0 Å². The molecule has 0 N–H and O–H groups in total. The van der Waals surface area contributed by atoms with E-state index in [4.69, 9.17) is 9.15 Å². The fourth-order valence-corrected chi connectivity index (χ4v) is 3.71. The second-order valence-electron chi connectivity index (χ2n) is 7.07. The predicted octanol–water partition coefficient (Wildman–Crippen LogP) is 5.12. The molecule has 138 valence electrons. The summed E-state index contributed by atoms with van der Waals surface area (Å²) in [6.07, 6.45) is 0.